The lowest BCUT2D eigenvalue weighted by Gasteiger charge is -2.18. The van der Waals surface area contributed by atoms with Crippen molar-refractivity contribution < 1.29 is 14.7 Å². The van der Waals surface area contributed by atoms with Gasteiger partial charge in [-0.3, -0.25) is 4.79 Å². The molecule has 1 rings (SSSR count). The number of carbonyl (C=O) groups excluding carboxylic acids is 1. The molecule has 5 nitrogen and oxygen atoms in total. The molecule has 19 heavy (non-hydrogen) atoms. The highest BCUT2D eigenvalue weighted by Crippen LogP contribution is 2.16. The summed E-state index contributed by atoms with van der Waals surface area (Å²) in [5.41, 5.74) is 2.86. The molecule has 1 aromatic rings. The maximum absolute atomic E-state index is 11.9. The number of benzene rings is 1. The van der Waals surface area contributed by atoms with Gasteiger partial charge in [-0.1, -0.05) is 12.1 Å². The number of nitrogens with zero attached hydrogens (tertiary/aromatic N) is 1. The summed E-state index contributed by atoms with van der Waals surface area (Å²) in [4.78, 5) is 23.8. The summed E-state index contributed by atoms with van der Waals surface area (Å²) >= 11 is 0. The zero-order chi connectivity index (χ0) is 14.4. The summed E-state index contributed by atoms with van der Waals surface area (Å²) in [6, 6.07) is 5.63. The SMILES string of the molecule is Cc1ccc(C)c(NC(=O)N(C)CCCC(=O)O)c1. The largest absolute Gasteiger partial charge is 0.481 e. The Balaban J connectivity index is 2.54. The first-order chi connectivity index (χ1) is 8.90. The number of urea groups is 1. The average molecular weight is 264 g/mol. The number of rotatable bonds is 5. The maximum Gasteiger partial charge on any atom is 0.321 e. The second kappa shape index (κ2) is 6.78. The van der Waals surface area contributed by atoms with Crippen molar-refractivity contribution in [3.8, 4) is 0 Å². The third-order valence-electron chi connectivity index (χ3n) is 2.87. The first kappa shape index (κ1) is 15.0. The third-order valence-corrected chi connectivity index (χ3v) is 2.87. The van der Waals surface area contributed by atoms with Gasteiger partial charge in [0.2, 0.25) is 0 Å². The summed E-state index contributed by atoms with van der Waals surface area (Å²) in [6.07, 6.45) is 0.521. The molecule has 2 N–H and O–H groups in total. The molecule has 0 radical (unpaired) electrons. The van der Waals surface area contributed by atoms with Gasteiger partial charge >= 0.3 is 12.0 Å². The molecular formula is C14H20N2O3. The van der Waals surface area contributed by atoms with E-state index >= 15 is 0 Å². The molecular weight excluding hydrogens is 244 g/mol. The number of carboxylic acids is 1. The van der Waals surface area contributed by atoms with Crippen molar-refractivity contribution in [3.63, 3.8) is 0 Å². The predicted molar refractivity (Wildman–Crippen MR) is 74.4 cm³/mol. The predicted octanol–water partition coefficient (Wildman–Crippen LogP) is 2.63. The first-order valence-corrected chi connectivity index (χ1v) is 6.21. The van der Waals surface area contributed by atoms with Gasteiger partial charge in [-0.05, 0) is 37.5 Å². The van der Waals surface area contributed by atoms with Crippen molar-refractivity contribution in [2.75, 3.05) is 18.9 Å². The lowest BCUT2D eigenvalue weighted by atomic mass is 10.1. The quantitative estimate of drug-likeness (QED) is 0.859. The van der Waals surface area contributed by atoms with Crippen LogP contribution in [0.3, 0.4) is 0 Å². The van der Waals surface area contributed by atoms with E-state index in [1.807, 2.05) is 32.0 Å². The summed E-state index contributed by atoms with van der Waals surface area (Å²) < 4.78 is 0. The molecule has 104 valence electrons. The van der Waals surface area contributed by atoms with E-state index < -0.39 is 5.97 Å². The highest BCUT2D eigenvalue weighted by Gasteiger charge is 2.10. The van der Waals surface area contributed by atoms with Gasteiger partial charge in [-0.15, -0.1) is 0 Å². The van der Waals surface area contributed by atoms with Gasteiger partial charge in [-0.25, -0.2) is 4.79 Å². The fraction of sp³-hybridized carbons (Fsp3) is 0.429. The molecule has 0 spiro atoms. The van der Waals surface area contributed by atoms with Gasteiger partial charge in [0.05, 0.1) is 0 Å². The van der Waals surface area contributed by atoms with Crippen LogP contribution >= 0.6 is 0 Å². The van der Waals surface area contributed by atoms with Crippen LogP contribution in [0.5, 0.6) is 0 Å². The molecule has 5 heteroatoms. The third kappa shape index (κ3) is 4.99. The Morgan fingerprint density at radius 2 is 2.00 bits per heavy atom. The van der Waals surface area contributed by atoms with Crippen LogP contribution in [0.1, 0.15) is 24.0 Å². The monoisotopic (exact) mass is 264 g/mol. The molecule has 0 unspecified atom stereocenters. The molecule has 0 atom stereocenters. The molecule has 0 aliphatic heterocycles. The topological polar surface area (TPSA) is 69.6 Å². The minimum absolute atomic E-state index is 0.0705. The summed E-state index contributed by atoms with van der Waals surface area (Å²) in [5, 5.41) is 11.4. The van der Waals surface area contributed by atoms with E-state index in [9.17, 15) is 9.59 Å². The van der Waals surface area contributed by atoms with Crippen LogP contribution in [0, 0.1) is 13.8 Å². The van der Waals surface area contributed by atoms with E-state index in [2.05, 4.69) is 5.32 Å². The van der Waals surface area contributed by atoms with E-state index in [-0.39, 0.29) is 12.5 Å². The van der Waals surface area contributed by atoms with Gasteiger partial charge in [0, 0.05) is 25.7 Å². The Morgan fingerprint density at radius 1 is 1.32 bits per heavy atom. The zero-order valence-electron chi connectivity index (χ0n) is 11.6. The maximum atomic E-state index is 11.9. The van der Waals surface area contributed by atoms with Crippen LogP contribution in [-0.4, -0.2) is 35.6 Å². The summed E-state index contributed by atoms with van der Waals surface area (Å²) in [7, 11) is 1.66. The number of carboxylic acid groups (broad SMARTS) is 1. The minimum atomic E-state index is -0.844. The fourth-order valence-corrected chi connectivity index (χ4v) is 1.65. The van der Waals surface area contributed by atoms with E-state index in [1.165, 1.54) is 4.90 Å². The second-order valence-corrected chi connectivity index (χ2v) is 4.67. The Hall–Kier alpha value is -2.04. The Bertz CT molecular complexity index is 472. The van der Waals surface area contributed by atoms with Gasteiger partial charge in [0.1, 0.15) is 0 Å². The number of aliphatic carboxylic acids is 1. The number of nitrogens with one attached hydrogen (secondary N) is 1. The Kier molecular flexibility index (Phi) is 5.36. The molecule has 0 aliphatic carbocycles. The van der Waals surface area contributed by atoms with Crippen molar-refractivity contribution in [2.45, 2.75) is 26.7 Å². The van der Waals surface area contributed by atoms with Crippen LogP contribution in [0.15, 0.2) is 18.2 Å². The molecule has 2 amide bonds. The first-order valence-electron chi connectivity index (χ1n) is 6.21. The normalized spacial score (nSPS) is 10.1. The lowest BCUT2D eigenvalue weighted by Crippen LogP contribution is -2.32. The van der Waals surface area contributed by atoms with Gasteiger partial charge in [-0.2, -0.15) is 0 Å². The van der Waals surface area contributed by atoms with Crippen LogP contribution < -0.4 is 5.32 Å². The molecule has 0 heterocycles. The molecule has 1 aromatic carbocycles. The summed E-state index contributed by atoms with van der Waals surface area (Å²) in [5.74, 6) is -0.844. The van der Waals surface area contributed by atoms with E-state index in [1.54, 1.807) is 7.05 Å². The number of anilines is 1. The van der Waals surface area contributed by atoms with E-state index in [0.29, 0.717) is 13.0 Å². The minimum Gasteiger partial charge on any atom is -0.481 e. The van der Waals surface area contributed by atoms with Crippen LogP contribution in [0.2, 0.25) is 0 Å². The highest BCUT2D eigenvalue weighted by molar-refractivity contribution is 5.90. The smallest absolute Gasteiger partial charge is 0.321 e. The number of hydrogen-bond donors (Lipinski definition) is 2. The molecule has 0 bridgehead atoms. The Morgan fingerprint density at radius 3 is 2.63 bits per heavy atom. The van der Waals surface area contributed by atoms with Gasteiger partial charge in [0.25, 0.3) is 0 Å². The van der Waals surface area contributed by atoms with E-state index in [4.69, 9.17) is 5.11 Å². The average Bonchev–Trinajstić information content (AvgIpc) is 2.33. The molecule has 0 saturated carbocycles. The molecule has 0 fully saturated rings. The van der Waals surface area contributed by atoms with Gasteiger partial charge in [0.15, 0.2) is 0 Å². The zero-order valence-corrected chi connectivity index (χ0v) is 11.6. The number of aryl methyl sites for hydroxylation is 2. The number of hydrogen-bond acceptors (Lipinski definition) is 2. The fourth-order valence-electron chi connectivity index (χ4n) is 1.65. The number of carbonyl (C=O) groups is 2. The summed E-state index contributed by atoms with van der Waals surface area (Å²) in [6.45, 7) is 4.31. The standard InChI is InChI=1S/C14H20N2O3/c1-10-6-7-11(2)12(9-10)15-14(19)16(3)8-4-5-13(17)18/h6-7,9H,4-5,8H2,1-3H3,(H,15,19)(H,17,18). The molecule has 0 aliphatic rings. The van der Waals surface area contributed by atoms with Crippen LogP contribution in [0.4, 0.5) is 10.5 Å². The lowest BCUT2D eigenvalue weighted by molar-refractivity contribution is -0.137. The highest BCUT2D eigenvalue weighted by atomic mass is 16.4. The van der Waals surface area contributed by atoms with Gasteiger partial charge < -0.3 is 15.3 Å². The van der Waals surface area contributed by atoms with Crippen molar-refractivity contribution >= 4 is 17.7 Å². The van der Waals surface area contributed by atoms with E-state index in [0.717, 1.165) is 16.8 Å². The van der Waals surface area contributed by atoms with Crippen molar-refractivity contribution in [1.29, 1.82) is 0 Å². The van der Waals surface area contributed by atoms with Crippen molar-refractivity contribution in [2.24, 2.45) is 0 Å². The Labute approximate surface area is 113 Å². The second-order valence-electron chi connectivity index (χ2n) is 4.67. The van der Waals surface area contributed by atoms with Crippen molar-refractivity contribution in [3.05, 3.63) is 29.3 Å². The van der Waals surface area contributed by atoms with Crippen LogP contribution in [-0.2, 0) is 4.79 Å². The van der Waals surface area contributed by atoms with Crippen LogP contribution in [0.25, 0.3) is 0 Å². The molecule has 0 saturated heterocycles. The molecule has 0 aromatic heterocycles. The number of amides is 2. The van der Waals surface area contributed by atoms with Crippen molar-refractivity contribution in [1.82, 2.24) is 4.90 Å².